The topological polar surface area (TPSA) is 57.6 Å². The van der Waals surface area contributed by atoms with Crippen molar-refractivity contribution in [1.82, 2.24) is 0 Å². The van der Waals surface area contributed by atoms with E-state index in [1.54, 1.807) is 29.2 Å². The lowest BCUT2D eigenvalue weighted by molar-refractivity contribution is -0.136. The molecule has 0 aliphatic carbocycles. The molecule has 0 aromatic heterocycles. The Balaban J connectivity index is 1.92. The first-order valence-corrected chi connectivity index (χ1v) is 9.35. The number of ketones is 1. The number of amides is 1. The van der Waals surface area contributed by atoms with Crippen molar-refractivity contribution in [2.24, 2.45) is 0 Å². The molecule has 3 rings (SSSR count). The van der Waals surface area contributed by atoms with Crippen LogP contribution in [-0.4, -0.2) is 22.8 Å². The Labute approximate surface area is 160 Å². The molecule has 0 saturated carbocycles. The third-order valence-electron chi connectivity index (χ3n) is 5.19. The molecule has 1 atom stereocenters. The second-order valence-electron chi connectivity index (χ2n) is 8.57. The second kappa shape index (κ2) is 6.61. The molecule has 1 heterocycles. The number of Topliss-reactive ketones (excluding diaryl/α,β-unsaturated/α-hetero) is 1. The summed E-state index contributed by atoms with van der Waals surface area (Å²) in [5.41, 5.74) is 0.994. The molecule has 0 spiro atoms. The fourth-order valence-corrected chi connectivity index (χ4v) is 3.63. The average Bonchev–Trinajstić information content (AvgIpc) is 2.82. The first-order chi connectivity index (χ1) is 12.6. The van der Waals surface area contributed by atoms with Gasteiger partial charge in [-0.3, -0.25) is 9.59 Å². The first-order valence-electron chi connectivity index (χ1n) is 9.35. The molecule has 0 bridgehead atoms. The fraction of sp³-hybridized carbons (Fsp3) is 0.391. The lowest BCUT2D eigenvalue weighted by Crippen LogP contribution is -2.44. The largest absolute Gasteiger partial charge is 0.375 e. The van der Waals surface area contributed by atoms with E-state index < -0.39 is 11.5 Å². The lowest BCUT2D eigenvalue weighted by Gasteiger charge is -2.25. The van der Waals surface area contributed by atoms with Crippen LogP contribution in [0.1, 0.15) is 62.5 Å². The van der Waals surface area contributed by atoms with Crippen molar-refractivity contribution in [3.8, 4) is 0 Å². The number of anilines is 1. The zero-order chi connectivity index (χ0) is 20.0. The summed E-state index contributed by atoms with van der Waals surface area (Å²) < 4.78 is 0. The van der Waals surface area contributed by atoms with E-state index >= 15 is 0 Å². The number of hydrogen-bond donors (Lipinski definition) is 1. The van der Waals surface area contributed by atoms with Gasteiger partial charge in [0.05, 0.1) is 12.1 Å². The maximum atomic E-state index is 13.0. The molecule has 1 N–H and O–H groups in total. The van der Waals surface area contributed by atoms with Gasteiger partial charge in [-0.2, -0.15) is 0 Å². The van der Waals surface area contributed by atoms with Gasteiger partial charge in [0.25, 0.3) is 5.91 Å². The highest BCUT2D eigenvalue weighted by Gasteiger charge is 2.51. The van der Waals surface area contributed by atoms with Crippen molar-refractivity contribution in [2.75, 3.05) is 4.90 Å². The molecule has 1 aliphatic heterocycles. The Morgan fingerprint density at radius 3 is 2.22 bits per heavy atom. The number of para-hydroxylation sites is 1. The zero-order valence-corrected chi connectivity index (χ0v) is 16.6. The van der Waals surface area contributed by atoms with E-state index in [0.717, 1.165) is 5.56 Å². The van der Waals surface area contributed by atoms with Gasteiger partial charge >= 0.3 is 0 Å². The van der Waals surface area contributed by atoms with Crippen molar-refractivity contribution in [1.29, 1.82) is 0 Å². The summed E-state index contributed by atoms with van der Waals surface area (Å²) in [4.78, 5) is 27.4. The second-order valence-corrected chi connectivity index (χ2v) is 8.57. The van der Waals surface area contributed by atoms with Crippen LogP contribution in [0.3, 0.4) is 0 Å². The molecule has 4 heteroatoms. The van der Waals surface area contributed by atoms with Crippen molar-refractivity contribution in [2.45, 2.75) is 58.1 Å². The maximum Gasteiger partial charge on any atom is 0.264 e. The van der Waals surface area contributed by atoms with Crippen LogP contribution in [0.15, 0.2) is 48.5 Å². The van der Waals surface area contributed by atoms with E-state index in [1.807, 2.05) is 38.1 Å². The van der Waals surface area contributed by atoms with Crippen molar-refractivity contribution in [3.05, 3.63) is 65.2 Å². The Bertz CT molecular complexity index is 877. The summed E-state index contributed by atoms with van der Waals surface area (Å²) in [5, 5.41) is 11.2. The maximum absolute atomic E-state index is 13.0. The summed E-state index contributed by atoms with van der Waals surface area (Å²) in [6, 6.07) is 14.5. The normalized spacial score (nSPS) is 19.5. The van der Waals surface area contributed by atoms with Crippen LogP contribution >= 0.6 is 0 Å². The van der Waals surface area contributed by atoms with E-state index in [1.165, 1.54) is 0 Å². The van der Waals surface area contributed by atoms with Crippen LogP contribution in [0.2, 0.25) is 0 Å². The number of nitrogens with zero attached hydrogens (tertiary/aromatic N) is 1. The molecule has 1 aliphatic rings. The molecule has 1 amide bonds. The summed E-state index contributed by atoms with van der Waals surface area (Å²) in [6.07, 6.45) is -0.263. The quantitative estimate of drug-likeness (QED) is 0.826. The smallest absolute Gasteiger partial charge is 0.264 e. The molecule has 27 heavy (non-hydrogen) atoms. The molecular weight excluding hydrogens is 338 g/mol. The standard InChI is InChI=1S/C23H27NO3/c1-15(2)24-19-9-7-6-8-18(19)23(27,21(24)26)14-20(25)16-10-12-17(13-11-16)22(3,4)5/h6-13,15,27H,14H2,1-5H3. The third-order valence-corrected chi connectivity index (χ3v) is 5.19. The summed E-state index contributed by atoms with van der Waals surface area (Å²) in [7, 11) is 0. The van der Waals surface area contributed by atoms with Gasteiger partial charge in [0.2, 0.25) is 0 Å². The minimum Gasteiger partial charge on any atom is -0.375 e. The number of benzene rings is 2. The summed E-state index contributed by atoms with van der Waals surface area (Å²) in [6.45, 7) is 10.1. The van der Waals surface area contributed by atoms with Crippen molar-refractivity contribution in [3.63, 3.8) is 0 Å². The van der Waals surface area contributed by atoms with Gasteiger partial charge in [-0.1, -0.05) is 63.2 Å². The van der Waals surface area contributed by atoms with Crippen LogP contribution < -0.4 is 4.90 Å². The van der Waals surface area contributed by atoms with Gasteiger partial charge < -0.3 is 10.0 Å². The Hall–Kier alpha value is -2.46. The predicted molar refractivity (Wildman–Crippen MR) is 107 cm³/mol. The molecule has 4 nitrogen and oxygen atoms in total. The number of hydrogen-bond acceptors (Lipinski definition) is 3. The molecular formula is C23H27NO3. The van der Waals surface area contributed by atoms with Crippen molar-refractivity contribution >= 4 is 17.4 Å². The van der Waals surface area contributed by atoms with E-state index in [4.69, 9.17) is 0 Å². The van der Waals surface area contributed by atoms with Crippen LogP contribution in [0.5, 0.6) is 0 Å². The van der Waals surface area contributed by atoms with Gasteiger partial charge in [0, 0.05) is 17.2 Å². The molecule has 142 valence electrons. The molecule has 0 saturated heterocycles. The molecule has 1 unspecified atom stereocenters. The highest BCUT2D eigenvalue weighted by Crippen LogP contribution is 2.43. The van der Waals surface area contributed by atoms with E-state index in [0.29, 0.717) is 16.8 Å². The Kier molecular flexibility index (Phi) is 4.73. The Morgan fingerprint density at radius 1 is 1.07 bits per heavy atom. The highest BCUT2D eigenvalue weighted by atomic mass is 16.3. The Morgan fingerprint density at radius 2 is 1.67 bits per heavy atom. The number of aliphatic hydroxyl groups is 1. The van der Waals surface area contributed by atoms with Crippen LogP contribution in [0.4, 0.5) is 5.69 Å². The monoisotopic (exact) mass is 365 g/mol. The lowest BCUT2D eigenvalue weighted by atomic mass is 9.85. The van der Waals surface area contributed by atoms with Gasteiger partial charge in [-0.25, -0.2) is 0 Å². The highest BCUT2D eigenvalue weighted by molar-refractivity contribution is 6.11. The number of fused-ring (bicyclic) bond motifs is 1. The summed E-state index contributed by atoms with van der Waals surface area (Å²) >= 11 is 0. The van der Waals surface area contributed by atoms with Crippen LogP contribution in [-0.2, 0) is 15.8 Å². The fourth-order valence-electron chi connectivity index (χ4n) is 3.63. The van der Waals surface area contributed by atoms with Crippen molar-refractivity contribution < 1.29 is 14.7 Å². The SMILES string of the molecule is CC(C)N1C(=O)C(O)(CC(=O)c2ccc(C(C)(C)C)cc2)c2ccccc21. The molecule has 2 aromatic carbocycles. The number of carbonyl (C=O) groups excluding carboxylic acids is 2. The number of rotatable bonds is 4. The van der Waals surface area contributed by atoms with Gasteiger partial charge in [-0.15, -0.1) is 0 Å². The first kappa shape index (κ1) is 19.3. The van der Waals surface area contributed by atoms with E-state index in [-0.39, 0.29) is 23.7 Å². The predicted octanol–water partition coefficient (Wildman–Crippen LogP) is 4.20. The van der Waals surface area contributed by atoms with Gasteiger partial charge in [0.1, 0.15) is 0 Å². The minimum absolute atomic E-state index is 0.00208. The summed E-state index contributed by atoms with van der Waals surface area (Å²) in [5.74, 6) is -0.676. The van der Waals surface area contributed by atoms with Gasteiger partial charge in [-0.05, 0) is 30.9 Å². The van der Waals surface area contributed by atoms with E-state index in [9.17, 15) is 14.7 Å². The van der Waals surface area contributed by atoms with Gasteiger partial charge in [0.15, 0.2) is 11.4 Å². The van der Waals surface area contributed by atoms with E-state index in [2.05, 4.69) is 20.8 Å². The molecule has 0 radical (unpaired) electrons. The minimum atomic E-state index is -1.82. The zero-order valence-electron chi connectivity index (χ0n) is 16.6. The average molecular weight is 365 g/mol. The number of carbonyl (C=O) groups is 2. The molecule has 0 fully saturated rings. The third kappa shape index (κ3) is 3.30. The van der Waals surface area contributed by atoms with Crippen LogP contribution in [0, 0.1) is 0 Å². The van der Waals surface area contributed by atoms with Crippen LogP contribution in [0.25, 0.3) is 0 Å². The molecule has 2 aromatic rings.